The van der Waals surface area contributed by atoms with Crippen LogP contribution in [0.5, 0.6) is 0 Å². The predicted molar refractivity (Wildman–Crippen MR) is 63.6 cm³/mol. The molecule has 1 aromatic rings. The fraction of sp³-hybridized carbons (Fsp3) is 0.538. The third kappa shape index (κ3) is 2.07. The van der Waals surface area contributed by atoms with Gasteiger partial charge in [0.15, 0.2) is 0 Å². The van der Waals surface area contributed by atoms with Crippen molar-refractivity contribution in [1.29, 1.82) is 0 Å². The molecule has 0 bridgehead atoms. The molecule has 2 aliphatic rings. The highest BCUT2D eigenvalue weighted by molar-refractivity contribution is 5.55. The Labute approximate surface area is 104 Å². The zero-order chi connectivity index (χ0) is 12.8. The van der Waals surface area contributed by atoms with Crippen molar-refractivity contribution in [2.45, 2.75) is 25.1 Å². The van der Waals surface area contributed by atoms with Gasteiger partial charge in [-0.05, 0) is 49.7 Å². The molecule has 1 unspecified atom stereocenters. The molecule has 98 valence electrons. The first-order chi connectivity index (χ1) is 8.54. The number of fused-ring (bicyclic) bond motifs is 1. The molecule has 5 heteroatoms. The van der Waals surface area contributed by atoms with E-state index in [0.717, 1.165) is 37.0 Å². The minimum absolute atomic E-state index is 0.342. The van der Waals surface area contributed by atoms with Crippen molar-refractivity contribution >= 4 is 5.69 Å². The van der Waals surface area contributed by atoms with Gasteiger partial charge < -0.3 is 5.32 Å². The van der Waals surface area contributed by atoms with Gasteiger partial charge in [0, 0.05) is 18.3 Å². The van der Waals surface area contributed by atoms with Crippen LogP contribution < -0.4 is 5.32 Å². The van der Waals surface area contributed by atoms with Crippen LogP contribution in [0.3, 0.4) is 0 Å². The number of anilines is 1. The van der Waals surface area contributed by atoms with Crippen LogP contribution in [-0.4, -0.2) is 30.6 Å². The molecule has 2 aliphatic heterocycles. The van der Waals surface area contributed by atoms with E-state index in [2.05, 4.69) is 10.2 Å². The Hall–Kier alpha value is -1.23. The molecule has 1 saturated heterocycles. The highest BCUT2D eigenvalue weighted by Gasteiger charge is 2.33. The van der Waals surface area contributed by atoms with E-state index < -0.39 is 11.7 Å². The molecule has 2 heterocycles. The van der Waals surface area contributed by atoms with Gasteiger partial charge in [0.25, 0.3) is 0 Å². The molecule has 1 atom stereocenters. The lowest BCUT2D eigenvalue weighted by atomic mass is 9.95. The number of nitrogens with zero attached hydrogens (tertiary/aromatic N) is 1. The molecule has 1 aromatic carbocycles. The maximum atomic E-state index is 12.7. The number of likely N-dealkylation sites (tertiary alicyclic amines) is 1. The maximum absolute atomic E-state index is 12.7. The Morgan fingerprint density at radius 2 is 2.00 bits per heavy atom. The molecule has 0 spiro atoms. The lowest BCUT2D eigenvalue weighted by molar-refractivity contribution is -0.137. The molecule has 2 nitrogen and oxygen atoms in total. The minimum Gasteiger partial charge on any atom is -0.383 e. The van der Waals surface area contributed by atoms with Crippen molar-refractivity contribution in [1.82, 2.24) is 4.90 Å². The Morgan fingerprint density at radius 3 is 2.61 bits per heavy atom. The standard InChI is InChI=1S/C13H15F3N2/c14-13(15,16)10-2-3-12-9(6-10)7-11(8-17-12)18-4-1-5-18/h2-3,6,11,17H,1,4-5,7-8H2. The first-order valence-corrected chi connectivity index (χ1v) is 6.22. The van der Waals surface area contributed by atoms with Gasteiger partial charge in [0.1, 0.15) is 0 Å². The van der Waals surface area contributed by atoms with E-state index in [1.165, 1.54) is 12.5 Å². The van der Waals surface area contributed by atoms with E-state index in [1.807, 2.05) is 0 Å². The third-order valence-corrected chi connectivity index (χ3v) is 3.82. The lowest BCUT2D eigenvalue weighted by Gasteiger charge is -2.41. The Balaban J connectivity index is 1.84. The van der Waals surface area contributed by atoms with E-state index in [1.54, 1.807) is 6.07 Å². The quantitative estimate of drug-likeness (QED) is 0.831. The van der Waals surface area contributed by atoms with Crippen molar-refractivity contribution < 1.29 is 13.2 Å². The second-order valence-electron chi connectivity index (χ2n) is 5.00. The second kappa shape index (κ2) is 4.16. The second-order valence-corrected chi connectivity index (χ2v) is 5.00. The lowest BCUT2D eigenvalue weighted by Crippen LogP contribution is -2.50. The van der Waals surface area contributed by atoms with Gasteiger partial charge in [0.2, 0.25) is 0 Å². The molecular formula is C13H15F3N2. The SMILES string of the molecule is FC(F)(F)c1ccc2c(c1)CC(N1CCC1)CN2. The molecule has 0 aromatic heterocycles. The maximum Gasteiger partial charge on any atom is 0.416 e. The van der Waals surface area contributed by atoms with E-state index in [0.29, 0.717) is 12.5 Å². The number of halogens is 3. The van der Waals surface area contributed by atoms with Gasteiger partial charge in [-0.2, -0.15) is 13.2 Å². The van der Waals surface area contributed by atoms with E-state index >= 15 is 0 Å². The molecule has 18 heavy (non-hydrogen) atoms. The molecular weight excluding hydrogens is 241 g/mol. The monoisotopic (exact) mass is 256 g/mol. The summed E-state index contributed by atoms with van der Waals surface area (Å²) in [6, 6.07) is 4.32. The summed E-state index contributed by atoms with van der Waals surface area (Å²) in [5, 5.41) is 3.23. The van der Waals surface area contributed by atoms with Crippen molar-refractivity contribution in [3.05, 3.63) is 29.3 Å². The number of nitrogens with one attached hydrogen (secondary N) is 1. The summed E-state index contributed by atoms with van der Waals surface area (Å²) < 4.78 is 38.0. The van der Waals surface area contributed by atoms with Crippen molar-refractivity contribution in [2.24, 2.45) is 0 Å². The number of hydrogen-bond donors (Lipinski definition) is 1. The fourth-order valence-corrected chi connectivity index (χ4v) is 2.63. The summed E-state index contributed by atoms with van der Waals surface area (Å²) >= 11 is 0. The zero-order valence-corrected chi connectivity index (χ0v) is 9.93. The first-order valence-electron chi connectivity index (χ1n) is 6.22. The summed E-state index contributed by atoms with van der Waals surface area (Å²) in [5.74, 6) is 0. The van der Waals surface area contributed by atoms with Crippen molar-refractivity contribution in [3.8, 4) is 0 Å². The first kappa shape index (κ1) is 11.8. The number of rotatable bonds is 1. The van der Waals surface area contributed by atoms with Crippen molar-refractivity contribution in [3.63, 3.8) is 0 Å². The van der Waals surface area contributed by atoms with E-state index in [4.69, 9.17) is 0 Å². The highest BCUT2D eigenvalue weighted by Crippen LogP contribution is 2.34. The van der Waals surface area contributed by atoms with Crippen LogP contribution in [0.1, 0.15) is 17.5 Å². The van der Waals surface area contributed by atoms with Gasteiger partial charge >= 0.3 is 6.18 Å². The van der Waals surface area contributed by atoms with E-state index in [-0.39, 0.29) is 0 Å². The van der Waals surface area contributed by atoms with Gasteiger partial charge in [-0.25, -0.2) is 0 Å². The Morgan fingerprint density at radius 1 is 1.22 bits per heavy atom. The summed E-state index contributed by atoms with van der Waals surface area (Å²) in [4.78, 5) is 2.33. The summed E-state index contributed by atoms with van der Waals surface area (Å²) in [6.07, 6.45) is -2.34. The molecule has 0 saturated carbocycles. The molecule has 1 N–H and O–H groups in total. The molecule has 0 aliphatic carbocycles. The molecule has 1 fully saturated rings. The van der Waals surface area contributed by atoms with E-state index in [9.17, 15) is 13.2 Å². The highest BCUT2D eigenvalue weighted by atomic mass is 19.4. The van der Waals surface area contributed by atoms with Crippen LogP contribution in [0.25, 0.3) is 0 Å². The van der Waals surface area contributed by atoms with Crippen molar-refractivity contribution in [2.75, 3.05) is 25.0 Å². The Kier molecular flexibility index (Phi) is 2.73. The van der Waals surface area contributed by atoms with Crippen LogP contribution in [0, 0.1) is 0 Å². The summed E-state index contributed by atoms with van der Waals surface area (Å²) in [7, 11) is 0. The summed E-state index contributed by atoms with van der Waals surface area (Å²) in [6.45, 7) is 2.97. The molecule has 3 rings (SSSR count). The number of alkyl halides is 3. The van der Waals surface area contributed by atoms with Gasteiger partial charge in [0.05, 0.1) is 5.56 Å². The largest absolute Gasteiger partial charge is 0.416 e. The molecule has 0 radical (unpaired) electrons. The topological polar surface area (TPSA) is 15.3 Å². The average molecular weight is 256 g/mol. The normalized spacial score (nSPS) is 24.1. The van der Waals surface area contributed by atoms with Crippen LogP contribution in [0.4, 0.5) is 18.9 Å². The average Bonchev–Trinajstić information content (AvgIpc) is 2.24. The summed E-state index contributed by atoms with van der Waals surface area (Å²) in [5.41, 5.74) is 1.08. The van der Waals surface area contributed by atoms with Gasteiger partial charge in [-0.1, -0.05) is 0 Å². The zero-order valence-electron chi connectivity index (χ0n) is 9.93. The van der Waals surface area contributed by atoms with Gasteiger partial charge in [-0.15, -0.1) is 0 Å². The van der Waals surface area contributed by atoms with Crippen LogP contribution in [-0.2, 0) is 12.6 Å². The number of hydrogen-bond acceptors (Lipinski definition) is 2. The van der Waals surface area contributed by atoms with Gasteiger partial charge in [-0.3, -0.25) is 4.90 Å². The number of benzene rings is 1. The third-order valence-electron chi connectivity index (χ3n) is 3.82. The predicted octanol–water partition coefficient (Wildman–Crippen LogP) is 2.75. The van der Waals surface area contributed by atoms with Crippen LogP contribution >= 0.6 is 0 Å². The van der Waals surface area contributed by atoms with Crippen LogP contribution in [0.15, 0.2) is 18.2 Å². The Bertz CT molecular complexity index is 452. The van der Waals surface area contributed by atoms with Crippen LogP contribution in [0.2, 0.25) is 0 Å². The molecule has 0 amide bonds. The fourth-order valence-electron chi connectivity index (χ4n) is 2.63. The minimum atomic E-state index is -4.25. The smallest absolute Gasteiger partial charge is 0.383 e.